The monoisotopic (exact) mass is 281 g/mol. The molecule has 104 valence electrons. The van der Waals surface area contributed by atoms with Gasteiger partial charge in [0.1, 0.15) is 11.6 Å². The molecule has 0 N–H and O–H groups in total. The summed E-state index contributed by atoms with van der Waals surface area (Å²) < 4.78 is 18.9. The highest BCUT2D eigenvalue weighted by atomic mass is 19.1. The van der Waals surface area contributed by atoms with Crippen LogP contribution >= 0.6 is 0 Å². The van der Waals surface area contributed by atoms with Gasteiger partial charge in [0.15, 0.2) is 6.29 Å². The Morgan fingerprint density at radius 2 is 1.90 bits per heavy atom. The maximum atomic E-state index is 13.8. The van der Waals surface area contributed by atoms with Crippen LogP contribution in [0.3, 0.4) is 0 Å². The van der Waals surface area contributed by atoms with Crippen LogP contribution in [-0.2, 0) is 0 Å². The molecule has 0 radical (unpaired) electrons. The maximum Gasteiger partial charge on any atom is 0.152 e. The summed E-state index contributed by atoms with van der Waals surface area (Å²) in [5.41, 5.74) is 2.19. The topological polar surface area (TPSA) is 39.2 Å². The first-order valence-electron chi connectivity index (χ1n) is 6.42. The molecule has 0 fully saturated rings. The zero-order chi connectivity index (χ0) is 14.8. The highest BCUT2D eigenvalue weighted by molar-refractivity contribution is 5.93. The number of aldehydes is 1. The minimum Gasteiger partial charge on any atom is -0.497 e. The molecule has 0 aliphatic rings. The Morgan fingerprint density at radius 3 is 2.57 bits per heavy atom. The summed E-state index contributed by atoms with van der Waals surface area (Å²) in [6.45, 7) is 0. The standard InChI is InChI=1S/C17H12FNO2/c1-21-13-7-5-11(6-8-13)17-12(10-20)9-14-15(18)3-2-4-16(14)19-17/h2-10H,1H3. The number of ether oxygens (including phenoxy) is 1. The van der Waals surface area contributed by atoms with Crippen molar-refractivity contribution in [2.24, 2.45) is 0 Å². The van der Waals surface area contributed by atoms with E-state index in [0.717, 1.165) is 11.3 Å². The molecule has 0 saturated carbocycles. The molecule has 0 atom stereocenters. The van der Waals surface area contributed by atoms with E-state index in [1.807, 2.05) is 12.1 Å². The molecule has 3 rings (SSSR count). The molecule has 2 aromatic carbocycles. The number of fused-ring (bicyclic) bond motifs is 1. The second-order valence-corrected chi connectivity index (χ2v) is 4.58. The third-order valence-corrected chi connectivity index (χ3v) is 3.33. The van der Waals surface area contributed by atoms with Crippen LogP contribution in [0.25, 0.3) is 22.2 Å². The van der Waals surface area contributed by atoms with Crippen LogP contribution in [0.15, 0.2) is 48.5 Å². The van der Waals surface area contributed by atoms with Crippen molar-refractivity contribution in [3.8, 4) is 17.0 Å². The van der Waals surface area contributed by atoms with Crippen LogP contribution in [0.1, 0.15) is 10.4 Å². The number of benzene rings is 2. The molecule has 3 nitrogen and oxygen atoms in total. The van der Waals surface area contributed by atoms with Crippen LogP contribution in [0.2, 0.25) is 0 Å². The van der Waals surface area contributed by atoms with Crippen molar-refractivity contribution in [1.29, 1.82) is 0 Å². The van der Waals surface area contributed by atoms with E-state index >= 15 is 0 Å². The molecule has 1 aromatic heterocycles. The van der Waals surface area contributed by atoms with Gasteiger partial charge in [0.2, 0.25) is 0 Å². The van der Waals surface area contributed by atoms with Gasteiger partial charge in [-0.25, -0.2) is 9.37 Å². The van der Waals surface area contributed by atoms with Crippen LogP contribution < -0.4 is 4.74 Å². The van der Waals surface area contributed by atoms with Crippen molar-refractivity contribution in [3.63, 3.8) is 0 Å². The van der Waals surface area contributed by atoms with Crippen LogP contribution in [0.5, 0.6) is 5.75 Å². The third kappa shape index (κ3) is 2.36. The van der Waals surface area contributed by atoms with E-state index in [9.17, 15) is 9.18 Å². The van der Waals surface area contributed by atoms with Crippen LogP contribution in [-0.4, -0.2) is 18.4 Å². The molecular formula is C17H12FNO2. The molecule has 0 aliphatic carbocycles. The number of pyridine rings is 1. The van der Waals surface area contributed by atoms with Gasteiger partial charge >= 0.3 is 0 Å². The van der Waals surface area contributed by atoms with E-state index in [2.05, 4.69) is 4.98 Å². The first-order chi connectivity index (χ1) is 10.2. The average Bonchev–Trinajstić information content (AvgIpc) is 2.54. The zero-order valence-electron chi connectivity index (χ0n) is 11.3. The summed E-state index contributed by atoms with van der Waals surface area (Å²) in [5, 5.41) is 0.344. The largest absolute Gasteiger partial charge is 0.497 e. The number of carbonyl (C=O) groups is 1. The number of methoxy groups -OCH3 is 1. The lowest BCUT2D eigenvalue weighted by molar-refractivity contribution is 0.112. The fourth-order valence-electron chi connectivity index (χ4n) is 2.24. The third-order valence-electron chi connectivity index (χ3n) is 3.33. The Labute approximate surface area is 121 Å². The van der Waals surface area contributed by atoms with Crippen LogP contribution in [0, 0.1) is 5.82 Å². The van der Waals surface area contributed by atoms with Gasteiger partial charge < -0.3 is 4.74 Å². The maximum absolute atomic E-state index is 13.8. The Morgan fingerprint density at radius 1 is 1.14 bits per heavy atom. The fourth-order valence-corrected chi connectivity index (χ4v) is 2.24. The first-order valence-corrected chi connectivity index (χ1v) is 6.42. The normalized spacial score (nSPS) is 10.6. The lowest BCUT2D eigenvalue weighted by Crippen LogP contribution is -1.95. The SMILES string of the molecule is COc1ccc(-c2nc3cccc(F)c3cc2C=O)cc1. The van der Waals surface area contributed by atoms with E-state index in [4.69, 9.17) is 4.74 Å². The van der Waals surface area contributed by atoms with Gasteiger partial charge in [-0.3, -0.25) is 4.79 Å². The molecular weight excluding hydrogens is 269 g/mol. The van der Waals surface area contributed by atoms with Gasteiger partial charge in [-0.2, -0.15) is 0 Å². The molecule has 0 aliphatic heterocycles. The summed E-state index contributed by atoms with van der Waals surface area (Å²) in [6.07, 6.45) is 0.693. The van der Waals surface area contributed by atoms with Crippen LogP contribution in [0.4, 0.5) is 4.39 Å². The minimum atomic E-state index is -0.385. The number of carbonyl (C=O) groups excluding carboxylic acids is 1. The van der Waals surface area contributed by atoms with E-state index in [-0.39, 0.29) is 5.82 Å². The van der Waals surface area contributed by atoms with Gasteiger partial charge in [0.25, 0.3) is 0 Å². The van der Waals surface area contributed by atoms with E-state index in [0.29, 0.717) is 28.4 Å². The summed E-state index contributed by atoms with van der Waals surface area (Å²) >= 11 is 0. The average molecular weight is 281 g/mol. The van der Waals surface area contributed by atoms with Gasteiger partial charge in [-0.15, -0.1) is 0 Å². The second-order valence-electron chi connectivity index (χ2n) is 4.58. The summed E-state index contributed by atoms with van der Waals surface area (Å²) in [5.74, 6) is 0.336. The second kappa shape index (κ2) is 5.32. The van der Waals surface area contributed by atoms with Crippen molar-refractivity contribution in [2.45, 2.75) is 0 Å². The molecule has 1 heterocycles. The molecule has 0 amide bonds. The van der Waals surface area contributed by atoms with Crippen molar-refractivity contribution in [2.75, 3.05) is 7.11 Å². The Hall–Kier alpha value is -2.75. The van der Waals surface area contributed by atoms with Gasteiger partial charge in [-0.1, -0.05) is 6.07 Å². The predicted molar refractivity (Wildman–Crippen MR) is 79.1 cm³/mol. The lowest BCUT2D eigenvalue weighted by Gasteiger charge is -2.08. The summed E-state index contributed by atoms with van der Waals surface area (Å²) in [7, 11) is 1.59. The smallest absolute Gasteiger partial charge is 0.152 e. The van der Waals surface area contributed by atoms with Crippen molar-refractivity contribution >= 4 is 17.2 Å². The number of hydrogen-bond donors (Lipinski definition) is 0. The Bertz CT molecular complexity index is 813. The number of nitrogens with zero attached hydrogens (tertiary/aromatic N) is 1. The fraction of sp³-hybridized carbons (Fsp3) is 0.0588. The number of hydrogen-bond acceptors (Lipinski definition) is 3. The van der Waals surface area contributed by atoms with Gasteiger partial charge in [-0.05, 0) is 42.5 Å². The summed E-state index contributed by atoms with van der Waals surface area (Å²) in [6, 6.07) is 13.4. The number of halogens is 1. The van der Waals surface area contributed by atoms with E-state index in [1.165, 1.54) is 12.1 Å². The molecule has 0 spiro atoms. The highest BCUT2D eigenvalue weighted by Gasteiger charge is 2.11. The van der Waals surface area contributed by atoms with Crippen molar-refractivity contribution in [3.05, 3.63) is 59.9 Å². The molecule has 0 saturated heterocycles. The predicted octanol–water partition coefficient (Wildman–Crippen LogP) is 3.86. The molecule has 4 heteroatoms. The number of rotatable bonds is 3. The quantitative estimate of drug-likeness (QED) is 0.684. The first kappa shape index (κ1) is 13.2. The molecule has 0 bridgehead atoms. The summed E-state index contributed by atoms with van der Waals surface area (Å²) in [4.78, 5) is 15.7. The molecule has 3 aromatic rings. The van der Waals surface area contributed by atoms with E-state index in [1.54, 1.807) is 31.4 Å². The molecule has 21 heavy (non-hydrogen) atoms. The van der Waals surface area contributed by atoms with Gasteiger partial charge in [0, 0.05) is 16.5 Å². The molecule has 0 unspecified atom stereocenters. The van der Waals surface area contributed by atoms with Gasteiger partial charge in [0.05, 0.1) is 18.3 Å². The highest BCUT2D eigenvalue weighted by Crippen LogP contribution is 2.27. The van der Waals surface area contributed by atoms with Crippen molar-refractivity contribution in [1.82, 2.24) is 4.98 Å². The number of aromatic nitrogens is 1. The van der Waals surface area contributed by atoms with E-state index < -0.39 is 0 Å². The Balaban J connectivity index is 2.22. The minimum absolute atomic E-state index is 0.344. The lowest BCUT2D eigenvalue weighted by atomic mass is 10.0. The zero-order valence-corrected chi connectivity index (χ0v) is 11.3. The van der Waals surface area contributed by atoms with Crippen molar-refractivity contribution < 1.29 is 13.9 Å². The Kier molecular flexibility index (Phi) is 3.36.